The third-order valence-corrected chi connectivity index (χ3v) is 5.71. The number of nitrogens with zero attached hydrogens (tertiary/aromatic N) is 3. The molecule has 4 rings (SSSR count). The van der Waals surface area contributed by atoms with Crippen molar-refractivity contribution in [2.24, 2.45) is 0 Å². The minimum absolute atomic E-state index is 0.0978. The summed E-state index contributed by atoms with van der Waals surface area (Å²) in [5, 5.41) is 13.2. The van der Waals surface area contributed by atoms with Gasteiger partial charge in [-0.2, -0.15) is 0 Å². The van der Waals surface area contributed by atoms with Crippen LogP contribution in [-0.2, 0) is 17.9 Å². The lowest BCUT2D eigenvalue weighted by Gasteiger charge is -2.19. The Hall–Kier alpha value is -3.49. The summed E-state index contributed by atoms with van der Waals surface area (Å²) >= 11 is 1.55. The first kappa shape index (κ1) is 22.7. The maximum Gasteiger partial charge on any atom is 0.257 e. The van der Waals surface area contributed by atoms with Crippen molar-refractivity contribution in [2.75, 3.05) is 18.4 Å². The number of rotatable bonds is 11. The van der Waals surface area contributed by atoms with E-state index in [4.69, 9.17) is 9.15 Å². The van der Waals surface area contributed by atoms with Crippen molar-refractivity contribution in [1.29, 1.82) is 0 Å². The van der Waals surface area contributed by atoms with Gasteiger partial charge in [0, 0.05) is 5.69 Å². The lowest BCUT2D eigenvalue weighted by atomic mass is 10.2. The van der Waals surface area contributed by atoms with Crippen LogP contribution < -0.4 is 10.1 Å². The van der Waals surface area contributed by atoms with E-state index in [1.807, 2.05) is 77.0 Å². The Balaban J connectivity index is 1.28. The van der Waals surface area contributed by atoms with Gasteiger partial charge in [-0.15, -0.1) is 21.5 Å². The predicted octanol–water partition coefficient (Wildman–Crippen LogP) is 5.23. The molecule has 0 saturated carbocycles. The highest BCUT2D eigenvalue weighted by Crippen LogP contribution is 2.23. The number of carbonyl (C=O) groups is 1. The molecule has 0 aliphatic rings. The van der Waals surface area contributed by atoms with E-state index in [9.17, 15) is 4.79 Å². The van der Waals surface area contributed by atoms with Gasteiger partial charge in [-0.25, -0.2) is 0 Å². The first-order valence-electron chi connectivity index (χ1n) is 10.8. The molecule has 0 atom stereocenters. The molecule has 2 heterocycles. The van der Waals surface area contributed by atoms with Crippen LogP contribution in [0.1, 0.15) is 24.8 Å². The molecule has 170 valence electrons. The lowest BCUT2D eigenvalue weighted by Crippen LogP contribution is -2.33. The zero-order valence-electron chi connectivity index (χ0n) is 18.4. The van der Waals surface area contributed by atoms with E-state index in [-0.39, 0.29) is 12.5 Å². The van der Waals surface area contributed by atoms with Crippen LogP contribution in [0, 0.1) is 0 Å². The fraction of sp³-hybridized carbons (Fsp3) is 0.240. The molecule has 0 aliphatic carbocycles. The third-order valence-electron chi connectivity index (χ3n) is 4.85. The quantitative estimate of drug-likeness (QED) is 0.329. The molecule has 4 aromatic rings. The Labute approximate surface area is 197 Å². The van der Waals surface area contributed by atoms with Crippen molar-refractivity contribution in [3.05, 3.63) is 83.6 Å². The zero-order chi connectivity index (χ0) is 22.9. The molecule has 2 aromatic carbocycles. The number of hydrogen-bond acceptors (Lipinski definition) is 7. The topological polar surface area (TPSA) is 80.5 Å². The third kappa shape index (κ3) is 6.74. The average Bonchev–Trinajstić information content (AvgIpc) is 3.52. The minimum Gasteiger partial charge on any atom is -0.489 e. The van der Waals surface area contributed by atoms with Crippen molar-refractivity contribution < 1.29 is 13.9 Å². The van der Waals surface area contributed by atoms with Gasteiger partial charge in [0.2, 0.25) is 11.8 Å². The number of hydrogen-bond donors (Lipinski definition) is 1. The molecule has 0 radical (unpaired) electrons. The second-order valence-electron chi connectivity index (χ2n) is 7.54. The van der Waals surface area contributed by atoms with E-state index in [2.05, 4.69) is 22.4 Å². The first-order valence-corrected chi connectivity index (χ1v) is 11.7. The van der Waals surface area contributed by atoms with Crippen LogP contribution in [0.2, 0.25) is 0 Å². The summed E-state index contributed by atoms with van der Waals surface area (Å²) < 4.78 is 11.6. The smallest absolute Gasteiger partial charge is 0.257 e. The predicted molar refractivity (Wildman–Crippen MR) is 129 cm³/mol. The summed E-state index contributed by atoms with van der Waals surface area (Å²) in [7, 11) is 0. The van der Waals surface area contributed by atoms with Crippen molar-refractivity contribution in [3.63, 3.8) is 0 Å². The molecule has 0 saturated heterocycles. The second-order valence-corrected chi connectivity index (χ2v) is 8.48. The van der Waals surface area contributed by atoms with Gasteiger partial charge in [0.15, 0.2) is 0 Å². The Bertz CT molecular complexity index is 1130. The number of carbonyl (C=O) groups excluding carboxylic acids is 1. The summed E-state index contributed by atoms with van der Waals surface area (Å²) in [6, 6.07) is 21.3. The van der Waals surface area contributed by atoms with E-state index in [0.717, 1.165) is 34.8 Å². The van der Waals surface area contributed by atoms with Gasteiger partial charge in [0.25, 0.3) is 5.89 Å². The molecular formula is C25H26N4O3S. The van der Waals surface area contributed by atoms with Crippen LogP contribution in [0.15, 0.2) is 76.5 Å². The first-order chi connectivity index (χ1) is 16.2. The molecule has 1 amide bonds. The molecule has 0 bridgehead atoms. The SMILES string of the molecule is CCCN(CC(=O)Nc1ccc(OCc2ccccc2)cc1)Cc1nnc(-c2cccs2)o1. The normalized spacial score (nSPS) is 11.0. The molecule has 0 unspecified atom stereocenters. The number of ether oxygens (including phenoxy) is 1. The highest BCUT2D eigenvalue weighted by Gasteiger charge is 2.16. The molecule has 33 heavy (non-hydrogen) atoms. The summed E-state index contributed by atoms with van der Waals surface area (Å²) in [6.07, 6.45) is 0.909. The van der Waals surface area contributed by atoms with Gasteiger partial charge in [-0.05, 0) is 54.2 Å². The van der Waals surface area contributed by atoms with Gasteiger partial charge < -0.3 is 14.5 Å². The van der Waals surface area contributed by atoms with Crippen molar-refractivity contribution in [1.82, 2.24) is 15.1 Å². The van der Waals surface area contributed by atoms with Gasteiger partial charge in [-0.3, -0.25) is 9.69 Å². The van der Waals surface area contributed by atoms with E-state index in [0.29, 0.717) is 24.9 Å². The van der Waals surface area contributed by atoms with Crippen molar-refractivity contribution in [2.45, 2.75) is 26.5 Å². The average molecular weight is 463 g/mol. The van der Waals surface area contributed by atoms with Crippen LogP contribution in [0.5, 0.6) is 5.75 Å². The number of nitrogens with one attached hydrogen (secondary N) is 1. The van der Waals surface area contributed by atoms with E-state index < -0.39 is 0 Å². The molecule has 0 aliphatic heterocycles. The summed E-state index contributed by atoms with van der Waals surface area (Å²) in [5.41, 5.74) is 1.83. The Morgan fingerprint density at radius 2 is 1.88 bits per heavy atom. The number of aromatic nitrogens is 2. The second kappa shape index (κ2) is 11.4. The monoisotopic (exact) mass is 462 g/mol. The summed E-state index contributed by atoms with van der Waals surface area (Å²) in [5.74, 6) is 1.66. The van der Waals surface area contributed by atoms with Crippen LogP contribution in [0.4, 0.5) is 5.69 Å². The summed E-state index contributed by atoms with van der Waals surface area (Å²) in [6.45, 7) is 3.98. The van der Waals surface area contributed by atoms with Crippen LogP contribution in [-0.4, -0.2) is 34.1 Å². The Kier molecular flexibility index (Phi) is 7.84. The number of thiophene rings is 1. The standard InChI is InChI=1S/C25H26N4O3S/c1-2-14-29(17-24-27-28-25(32-24)22-9-6-15-33-22)16-23(30)26-20-10-12-21(13-11-20)31-18-19-7-4-3-5-8-19/h3-13,15H,2,14,16-18H2,1H3,(H,26,30). The minimum atomic E-state index is -0.0978. The van der Waals surface area contributed by atoms with Crippen LogP contribution >= 0.6 is 11.3 Å². The largest absolute Gasteiger partial charge is 0.489 e. The number of amides is 1. The summed E-state index contributed by atoms with van der Waals surface area (Å²) in [4.78, 5) is 15.6. The Morgan fingerprint density at radius 3 is 2.61 bits per heavy atom. The van der Waals surface area contributed by atoms with E-state index >= 15 is 0 Å². The maximum absolute atomic E-state index is 12.6. The van der Waals surface area contributed by atoms with Crippen molar-refractivity contribution >= 4 is 22.9 Å². The molecular weight excluding hydrogens is 436 g/mol. The molecule has 7 nitrogen and oxygen atoms in total. The van der Waals surface area contributed by atoms with Gasteiger partial charge >= 0.3 is 0 Å². The molecule has 2 aromatic heterocycles. The highest BCUT2D eigenvalue weighted by atomic mass is 32.1. The zero-order valence-corrected chi connectivity index (χ0v) is 19.3. The maximum atomic E-state index is 12.6. The van der Waals surface area contributed by atoms with E-state index in [1.54, 1.807) is 11.3 Å². The molecule has 8 heteroatoms. The number of anilines is 1. The number of benzene rings is 2. The molecule has 1 N–H and O–H groups in total. The fourth-order valence-corrected chi connectivity index (χ4v) is 3.96. The Morgan fingerprint density at radius 1 is 1.06 bits per heavy atom. The van der Waals surface area contributed by atoms with Gasteiger partial charge in [0.05, 0.1) is 18.0 Å². The van der Waals surface area contributed by atoms with Gasteiger partial charge in [-0.1, -0.05) is 43.3 Å². The van der Waals surface area contributed by atoms with Crippen LogP contribution in [0.25, 0.3) is 10.8 Å². The highest BCUT2D eigenvalue weighted by molar-refractivity contribution is 7.13. The molecule has 0 spiro atoms. The van der Waals surface area contributed by atoms with Crippen molar-refractivity contribution in [3.8, 4) is 16.5 Å². The molecule has 0 fully saturated rings. The van der Waals surface area contributed by atoms with E-state index in [1.165, 1.54) is 0 Å². The lowest BCUT2D eigenvalue weighted by molar-refractivity contribution is -0.117. The fourth-order valence-electron chi connectivity index (χ4n) is 3.32. The van der Waals surface area contributed by atoms with Gasteiger partial charge in [0.1, 0.15) is 12.4 Å². The van der Waals surface area contributed by atoms with Crippen LogP contribution in [0.3, 0.4) is 0 Å².